The lowest BCUT2D eigenvalue weighted by atomic mass is 10.3. The zero-order chi connectivity index (χ0) is 15.5. The van der Waals surface area contributed by atoms with Crippen LogP contribution in [0.25, 0.3) is 0 Å². The molecule has 0 unspecified atom stereocenters. The predicted octanol–water partition coefficient (Wildman–Crippen LogP) is 2.32. The highest BCUT2D eigenvalue weighted by molar-refractivity contribution is 7.89. The van der Waals surface area contributed by atoms with Gasteiger partial charge in [-0.25, -0.2) is 8.42 Å². The largest absolute Gasteiger partial charge is 0.363 e. The molecule has 0 atom stereocenters. The van der Waals surface area contributed by atoms with Gasteiger partial charge in [-0.15, -0.1) is 0 Å². The van der Waals surface area contributed by atoms with Gasteiger partial charge in [-0.2, -0.15) is 4.31 Å². The van der Waals surface area contributed by atoms with Gasteiger partial charge in [0, 0.05) is 37.6 Å². The summed E-state index contributed by atoms with van der Waals surface area (Å²) in [5.41, 5.74) is 0.908. The average molecular weight is 313 g/mol. The van der Waals surface area contributed by atoms with Gasteiger partial charge in [-0.1, -0.05) is 20.8 Å². The molecule has 1 fully saturated rings. The van der Waals surface area contributed by atoms with Gasteiger partial charge in [-0.05, 0) is 31.2 Å². The summed E-state index contributed by atoms with van der Waals surface area (Å²) in [4.78, 5) is 3.45. The fourth-order valence-corrected chi connectivity index (χ4v) is 3.91. The second-order valence-corrected chi connectivity index (χ2v) is 8.14. The molecule has 0 aliphatic heterocycles. The Balaban J connectivity index is 2.09. The highest BCUT2D eigenvalue weighted by Crippen LogP contribution is 2.31. The minimum absolute atomic E-state index is 0.375. The van der Waals surface area contributed by atoms with Gasteiger partial charge >= 0.3 is 0 Å². The van der Waals surface area contributed by atoms with E-state index < -0.39 is 10.0 Å². The van der Waals surface area contributed by atoms with Crippen molar-refractivity contribution in [2.24, 2.45) is 5.92 Å². The molecule has 0 bridgehead atoms. The normalized spacial score (nSPS) is 16.0. The Morgan fingerprint density at radius 1 is 1.43 bits per heavy atom. The van der Waals surface area contributed by atoms with Gasteiger partial charge in [0.05, 0.1) is 4.90 Å². The highest BCUT2D eigenvalue weighted by Gasteiger charge is 2.31. The number of hydrogen-bond acceptors (Lipinski definition) is 3. The number of aromatic amines is 1. The van der Waals surface area contributed by atoms with E-state index in [1.165, 1.54) is 0 Å². The van der Waals surface area contributed by atoms with E-state index in [2.05, 4.69) is 24.1 Å². The van der Waals surface area contributed by atoms with Crippen LogP contribution in [0.2, 0.25) is 0 Å². The summed E-state index contributed by atoms with van der Waals surface area (Å²) in [5.74, 6) is 0.562. The van der Waals surface area contributed by atoms with Crippen molar-refractivity contribution in [1.29, 1.82) is 0 Å². The molecule has 120 valence electrons. The van der Waals surface area contributed by atoms with E-state index >= 15 is 0 Å². The smallest absolute Gasteiger partial charge is 0.244 e. The molecule has 5 nitrogen and oxygen atoms in total. The van der Waals surface area contributed by atoms with Crippen LogP contribution in [-0.2, 0) is 16.6 Å². The summed E-state index contributed by atoms with van der Waals surface area (Å²) in [6.45, 7) is 8.08. The number of H-pyrrole nitrogens is 1. The number of nitrogens with one attached hydrogen (secondary N) is 2. The van der Waals surface area contributed by atoms with Crippen LogP contribution in [0.1, 0.15) is 45.7 Å². The summed E-state index contributed by atoms with van der Waals surface area (Å²) in [6, 6.07) is 2.13. The van der Waals surface area contributed by atoms with Gasteiger partial charge in [0.1, 0.15) is 0 Å². The van der Waals surface area contributed by atoms with Crippen LogP contribution in [0, 0.1) is 5.92 Å². The second-order valence-electron chi connectivity index (χ2n) is 6.20. The van der Waals surface area contributed by atoms with Gasteiger partial charge < -0.3 is 10.3 Å². The van der Waals surface area contributed by atoms with E-state index in [0.29, 0.717) is 36.5 Å². The highest BCUT2D eigenvalue weighted by atomic mass is 32.2. The Morgan fingerprint density at radius 2 is 2.14 bits per heavy atom. The molecule has 1 heterocycles. The maximum Gasteiger partial charge on any atom is 0.244 e. The first-order chi connectivity index (χ1) is 9.93. The lowest BCUT2D eigenvalue weighted by Gasteiger charge is -2.20. The number of aromatic nitrogens is 1. The van der Waals surface area contributed by atoms with Crippen LogP contribution in [0.15, 0.2) is 17.2 Å². The number of nitrogens with zero attached hydrogens (tertiary/aromatic N) is 1. The Hall–Kier alpha value is -0.850. The van der Waals surface area contributed by atoms with E-state index in [-0.39, 0.29) is 0 Å². The van der Waals surface area contributed by atoms with Crippen molar-refractivity contribution in [2.45, 2.75) is 57.5 Å². The minimum atomic E-state index is -3.36. The van der Waals surface area contributed by atoms with Crippen LogP contribution in [0.4, 0.5) is 0 Å². The van der Waals surface area contributed by atoms with Gasteiger partial charge in [0.2, 0.25) is 10.0 Å². The third kappa shape index (κ3) is 4.56. The van der Waals surface area contributed by atoms with E-state index in [9.17, 15) is 8.42 Å². The Morgan fingerprint density at radius 3 is 2.71 bits per heavy atom. The summed E-state index contributed by atoms with van der Waals surface area (Å²) in [6.07, 6.45) is 4.78. The first-order valence-electron chi connectivity index (χ1n) is 7.84. The van der Waals surface area contributed by atoms with Crippen LogP contribution in [0.5, 0.6) is 0 Å². The summed E-state index contributed by atoms with van der Waals surface area (Å²) >= 11 is 0. The average Bonchev–Trinajstić information content (AvgIpc) is 3.10. The van der Waals surface area contributed by atoms with Crippen LogP contribution >= 0.6 is 0 Å². The van der Waals surface area contributed by atoms with Crippen molar-refractivity contribution in [1.82, 2.24) is 14.6 Å². The molecule has 21 heavy (non-hydrogen) atoms. The minimum Gasteiger partial charge on any atom is -0.363 e. The molecule has 0 spiro atoms. The molecule has 0 aromatic carbocycles. The van der Waals surface area contributed by atoms with E-state index in [1.807, 2.05) is 6.92 Å². The molecule has 0 amide bonds. The molecule has 2 rings (SSSR count). The van der Waals surface area contributed by atoms with E-state index in [1.54, 1.807) is 16.6 Å². The SMILES string of the molecule is CCCN(CC1CC1)S(=O)(=O)c1c[nH]c(CNC(C)C)c1. The summed E-state index contributed by atoms with van der Waals surface area (Å²) in [7, 11) is -3.36. The lowest BCUT2D eigenvalue weighted by Crippen LogP contribution is -2.33. The molecule has 1 aliphatic rings. The van der Waals surface area contributed by atoms with Crippen LogP contribution in [-0.4, -0.2) is 36.8 Å². The molecule has 1 aromatic heterocycles. The Bertz CT molecular complexity index is 547. The number of hydrogen-bond donors (Lipinski definition) is 2. The standard InChI is InChI=1S/C15H27N3O2S/c1-4-7-18(11-13-5-6-13)21(19,20)15-8-14(17-10-15)9-16-12(2)3/h8,10,12-13,16-17H,4-7,9,11H2,1-3H3. The predicted molar refractivity (Wildman–Crippen MR) is 84.5 cm³/mol. The first kappa shape index (κ1) is 16.5. The van der Waals surface area contributed by atoms with Crippen LogP contribution in [0.3, 0.4) is 0 Å². The monoisotopic (exact) mass is 313 g/mol. The molecule has 0 saturated heterocycles. The van der Waals surface area contributed by atoms with Crippen molar-refractivity contribution in [2.75, 3.05) is 13.1 Å². The topological polar surface area (TPSA) is 65.2 Å². The Labute approximate surface area is 128 Å². The molecular weight excluding hydrogens is 286 g/mol. The van der Waals surface area contributed by atoms with Crippen molar-refractivity contribution in [3.8, 4) is 0 Å². The van der Waals surface area contributed by atoms with Crippen molar-refractivity contribution >= 4 is 10.0 Å². The van der Waals surface area contributed by atoms with Crippen molar-refractivity contribution < 1.29 is 8.42 Å². The molecule has 1 aliphatic carbocycles. The summed E-state index contributed by atoms with van der Waals surface area (Å²) in [5, 5.41) is 3.28. The Kier molecular flexibility index (Phi) is 5.46. The first-order valence-corrected chi connectivity index (χ1v) is 9.28. The second kappa shape index (κ2) is 6.94. The maximum atomic E-state index is 12.7. The fourth-order valence-electron chi connectivity index (χ4n) is 2.28. The molecule has 0 radical (unpaired) electrons. The third-order valence-corrected chi connectivity index (χ3v) is 5.53. The van der Waals surface area contributed by atoms with Gasteiger partial charge in [-0.3, -0.25) is 0 Å². The van der Waals surface area contributed by atoms with Gasteiger partial charge in [0.25, 0.3) is 0 Å². The molecule has 2 N–H and O–H groups in total. The quantitative estimate of drug-likeness (QED) is 0.735. The van der Waals surface area contributed by atoms with E-state index in [0.717, 1.165) is 25.0 Å². The fraction of sp³-hybridized carbons (Fsp3) is 0.733. The molecular formula is C15H27N3O2S. The summed E-state index contributed by atoms with van der Waals surface area (Å²) < 4.78 is 27.1. The van der Waals surface area contributed by atoms with Crippen molar-refractivity contribution in [3.63, 3.8) is 0 Å². The third-order valence-electron chi connectivity index (χ3n) is 3.69. The maximum absolute atomic E-state index is 12.7. The molecule has 1 aromatic rings. The molecule has 6 heteroatoms. The van der Waals surface area contributed by atoms with Gasteiger partial charge in [0.15, 0.2) is 0 Å². The lowest BCUT2D eigenvalue weighted by molar-refractivity contribution is 0.396. The zero-order valence-corrected chi connectivity index (χ0v) is 14.0. The van der Waals surface area contributed by atoms with Crippen molar-refractivity contribution in [3.05, 3.63) is 18.0 Å². The number of rotatable bonds is 9. The van der Waals surface area contributed by atoms with E-state index in [4.69, 9.17) is 0 Å². The molecule has 1 saturated carbocycles. The zero-order valence-electron chi connectivity index (χ0n) is 13.2. The van der Waals surface area contributed by atoms with Crippen LogP contribution < -0.4 is 5.32 Å². The number of sulfonamides is 1.